The summed E-state index contributed by atoms with van der Waals surface area (Å²) < 4.78 is 6.47. The van der Waals surface area contributed by atoms with Crippen LogP contribution in [0.4, 0.5) is 0 Å². The summed E-state index contributed by atoms with van der Waals surface area (Å²) in [5, 5.41) is 1.07. The Morgan fingerprint density at radius 2 is 0.939 bits per heavy atom. The normalized spacial score (nSPS) is 11.3. The Morgan fingerprint density at radius 1 is 0.367 bits per heavy atom. The van der Waals surface area contributed by atoms with Crippen LogP contribution in [0.3, 0.4) is 0 Å². The Kier molecular flexibility index (Phi) is 7.02. The first-order chi connectivity index (χ1) is 24.3. The predicted octanol–water partition coefficient (Wildman–Crippen LogP) is 10.6. The summed E-state index contributed by atoms with van der Waals surface area (Å²) in [4.78, 5) is 24.6. The van der Waals surface area contributed by atoms with Crippen molar-refractivity contribution in [1.82, 2.24) is 24.9 Å². The van der Waals surface area contributed by atoms with E-state index in [1.807, 2.05) is 115 Å². The van der Waals surface area contributed by atoms with Crippen LogP contribution in [0.25, 0.3) is 89.9 Å². The second-order valence-electron chi connectivity index (χ2n) is 11.8. The molecule has 0 aliphatic heterocycles. The van der Waals surface area contributed by atoms with Crippen LogP contribution in [0.1, 0.15) is 0 Å². The number of hydrogen-bond acceptors (Lipinski definition) is 6. The average Bonchev–Trinajstić information content (AvgIpc) is 3.63. The zero-order chi connectivity index (χ0) is 32.6. The van der Waals surface area contributed by atoms with Crippen molar-refractivity contribution < 1.29 is 4.42 Å². The molecule has 3 aromatic heterocycles. The standard InChI is InChI=1S/C43H27N5O/c1-4-13-29(14-5-1)40-46-41(30-15-6-2-7-16-30)48-42(47-40)33-21-10-20-32(25-33)36-26-34(35-23-11-19-28-22-12-24-44-38(28)35)27-37-39(36)45-43(49-37)31-17-8-3-9-18-31/h1-27H. The van der Waals surface area contributed by atoms with Crippen LogP contribution in [-0.4, -0.2) is 24.9 Å². The van der Waals surface area contributed by atoms with Gasteiger partial charge in [0, 0.05) is 45.0 Å². The van der Waals surface area contributed by atoms with Crippen LogP contribution in [0, 0.1) is 0 Å². The summed E-state index contributed by atoms with van der Waals surface area (Å²) in [6.45, 7) is 0. The number of oxazole rings is 1. The van der Waals surface area contributed by atoms with Crippen molar-refractivity contribution in [2.24, 2.45) is 0 Å². The highest BCUT2D eigenvalue weighted by Crippen LogP contribution is 2.39. The minimum Gasteiger partial charge on any atom is -0.436 e. The molecular formula is C43H27N5O. The van der Waals surface area contributed by atoms with E-state index >= 15 is 0 Å². The number of rotatable bonds is 6. The molecule has 0 aliphatic rings. The van der Waals surface area contributed by atoms with E-state index < -0.39 is 0 Å². The fourth-order valence-corrected chi connectivity index (χ4v) is 6.21. The van der Waals surface area contributed by atoms with Gasteiger partial charge in [0.05, 0.1) is 5.52 Å². The first kappa shape index (κ1) is 28.4. The predicted molar refractivity (Wildman–Crippen MR) is 195 cm³/mol. The smallest absolute Gasteiger partial charge is 0.227 e. The fourth-order valence-electron chi connectivity index (χ4n) is 6.21. The maximum atomic E-state index is 6.47. The van der Waals surface area contributed by atoms with Gasteiger partial charge in [-0.1, -0.05) is 121 Å². The summed E-state index contributed by atoms with van der Waals surface area (Å²) >= 11 is 0. The van der Waals surface area contributed by atoms with Gasteiger partial charge >= 0.3 is 0 Å². The molecule has 0 unspecified atom stereocenters. The molecule has 0 radical (unpaired) electrons. The van der Waals surface area contributed by atoms with Gasteiger partial charge in [0.25, 0.3) is 0 Å². The summed E-state index contributed by atoms with van der Waals surface area (Å²) in [6, 6.07) is 52.8. The van der Waals surface area contributed by atoms with Crippen molar-refractivity contribution >= 4 is 22.0 Å². The van der Waals surface area contributed by atoms with Gasteiger partial charge in [0.2, 0.25) is 5.89 Å². The van der Waals surface area contributed by atoms with Gasteiger partial charge in [-0.3, -0.25) is 4.98 Å². The highest BCUT2D eigenvalue weighted by atomic mass is 16.3. The topological polar surface area (TPSA) is 77.6 Å². The SMILES string of the molecule is c1ccc(-c2nc(-c3ccccc3)nc(-c3cccc(-c4cc(-c5cccc6cccnc56)cc5oc(-c6ccccc6)nc45)c3)n2)cc1. The second-order valence-corrected chi connectivity index (χ2v) is 11.8. The second kappa shape index (κ2) is 12.1. The van der Waals surface area contributed by atoms with Crippen molar-refractivity contribution in [2.45, 2.75) is 0 Å². The molecule has 0 aliphatic carbocycles. The van der Waals surface area contributed by atoms with Gasteiger partial charge < -0.3 is 4.42 Å². The lowest BCUT2D eigenvalue weighted by Crippen LogP contribution is -2.00. The maximum Gasteiger partial charge on any atom is 0.227 e. The highest BCUT2D eigenvalue weighted by Gasteiger charge is 2.18. The van der Waals surface area contributed by atoms with Crippen molar-refractivity contribution in [3.8, 4) is 67.9 Å². The largest absolute Gasteiger partial charge is 0.436 e. The Morgan fingerprint density at radius 3 is 1.63 bits per heavy atom. The minimum atomic E-state index is 0.568. The van der Waals surface area contributed by atoms with Gasteiger partial charge in [-0.05, 0) is 47.5 Å². The van der Waals surface area contributed by atoms with Crippen LogP contribution in [-0.2, 0) is 0 Å². The molecule has 230 valence electrons. The number of nitrogens with zero attached hydrogens (tertiary/aromatic N) is 5. The van der Waals surface area contributed by atoms with E-state index in [9.17, 15) is 0 Å². The van der Waals surface area contributed by atoms with Gasteiger partial charge in [0.1, 0.15) is 5.52 Å². The number of hydrogen-bond donors (Lipinski definition) is 0. The molecule has 9 aromatic rings. The number of fused-ring (bicyclic) bond motifs is 2. The molecule has 6 nitrogen and oxygen atoms in total. The zero-order valence-electron chi connectivity index (χ0n) is 26.2. The molecule has 0 N–H and O–H groups in total. The van der Waals surface area contributed by atoms with Crippen LogP contribution in [0.15, 0.2) is 168 Å². The first-order valence-corrected chi connectivity index (χ1v) is 16.1. The van der Waals surface area contributed by atoms with Gasteiger partial charge in [-0.25, -0.2) is 19.9 Å². The van der Waals surface area contributed by atoms with Crippen molar-refractivity contribution in [2.75, 3.05) is 0 Å². The lowest BCUT2D eigenvalue weighted by molar-refractivity contribution is 0.620. The van der Waals surface area contributed by atoms with Gasteiger partial charge in [-0.15, -0.1) is 0 Å². The molecule has 6 aromatic carbocycles. The molecule has 0 saturated carbocycles. The Bertz CT molecular complexity index is 2540. The third kappa shape index (κ3) is 5.41. The van der Waals surface area contributed by atoms with Crippen LogP contribution in [0.2, 0.25) is 0 Å². The molecule has 3 heterocycles. The molecule has 9 rings (SSSR count). The van der Waals surface area contributed by atoms with Crippen molar-refractivity contribution in [1.29, 1.82) is 0 Å². The molecular weight excluding hydrogens is 603 g/mol. The van der Waals surface area contributed by atoms with Crippen LogP contribution < -0.4 is 0 Å². The van der Waals surface area contributed by atoms with Crippen LogP contribution in [0.5, 0.6) is 0 Å². The Balaban J connectivity index is 1.24. The zero-order valence-corrected chi connectivity index (χ0v) is 26.2. The maximum absolute atomic E-state index is 6.47. The van der Waals surface area contributed by atoms with Gasteiger partial charge in [-0.2, -0.15) is 0 Å². The Labute approximate surface area is 282 Å². The van der Waals surface area contributed by atoms with E-state index in [0.29, 0.717) is 28.9 Å². The quantitative estimate of drug-likeness (QED) is 0.182. The minimum absolute atomic E-state index is 0.568. The van der Waals surface area contributed by atoms with E-state index in [2.05, 4.69) is 48.5 Å². The monoisotopic (exact) mass is 629 g/mol. The van der Waals surface area contributed by atoms with E-state index in [1.165, 1.54) is 0 Å². The molecule has 0 saturated heterocycles. The van der Waals surface area contributed by atoms with Crippen molar-refractivity contribution in [3.05, 3.63) is 164 Å². The fraction of sp³-hybridized carbons (Fsp3) is 0. The van der Waals surface area contributed by atoms with E-state index in [1.54, 1.807) is 0 Å². The summed E-state index contributed by atoms with van der Waals surface area (Å²) in [6.07, 6.45) is 1.83. The van der Waals surface area contributed by atoms with Gasteiger partial charge in [0.15, 0.2) is 23.1 Å². The molecule has 49 heavy (non-hydrogen) atoms. The third-order valence-corrected chi connectivity index (χ3v) is 8.59. The molecule has 6 heteroatoms. The average molecular weight is 630 g/mol. The van der Waals surface area contributed by atoms with Crippen LogP contribution >= 0.6 is 0 Å². The molecule has 0 atom stereocenters. The molecule has 0 amide bonds. The number of aromatic nitrogens is 5. The molecule has 0 fully saturated rings. The number of para-hydroxylation sites is 1. The number of pyridine rings is 1. The lowest BCUT2D eigenvalue weighted by Gasteiger charge is -2.11. The number of benzene rings is 6. The molecule has 0 spiro atoms. The lowest BCUT2D eigenvalue weighted by atomic mass is 9.95. The Hall–Kier alpha value is -6.79. The first-order valence-electron chi connectivity index (χ1n) is 16.1. The third-order valence-electron chi connectivity index (χ3n) is 8.59. The summed E-state index contributed by atoms with van der Waals surface area (Å²) in [5.74, 6) is 2.39. The highest BCUT2D eigenvalue weighted by molar-refractivity contribution is 6.01. The summed E-state index contributed by atoms with van der Waals surface area (Å²) in [5.41, 5.74) is 9.95. The van der Waals surface area contributed by atoms with E-state index in [-0.39, 0.29) is 0 Å². The molecule has 0 bridgehead atoms. The van der Waals surface area contributed by atoms with Crippen molar-refractivity contribution in [3.63, 3.8) is 0 Å². The van der Waals surface area contributed by atoms with E-state index in [0.717, 1.165) is 60.9 Å². The van der Waals surface area contributed by atoms with E-state index in [4.69, 9.17) is 29.3 Å². The summed E-state index contributed by atoms with van der Waals surface area (Å²) in [7, 11) is 0.